The molecule has 1 atom stereocenters. The number of nitrogens with zero attached hydrogens (tertiary/aromatic N) is 2. The molecule has 7 heteroatoms. The van der Waals surface area contributed by atoms with Crippen molar-refractivity contribution in [2.45, 2.75) is 26.8 Å². The van der Waals surface area contributed by atoms with E-state index in [0.29, 0.717) is 25.4 Å². The van der Waals surface area contributed by atoms with Crippen molar-refractivity contribution < 1.29 is 18.3 Å². The molecule has 1 aromatic heterocycles. The number of fused-ring (bicyclic) bond motifs is 2. The first-order chi connectivity index (χ1) is 15.5. The lowest BCUT2D eigenvalue weighted by atomic mass is 9.98. The zero-order chi connectivity index (χ0) is 22.8. The maximum atomic E-state index is 13.9. The first-order valence-electron chi connectivity index (χ1n) is 11.0. The summed E-state index contributed by atoms with van der Waals surface area (Å²) in [7, 11) is 0. The van der Waals surface area contributed by atoms with E-state index in [1.54, 1.807) is 4.90 Å². The molecule has 0 fully saturated rings. The van der Waals surface area contributed by atoms with Gasteiger partial charge in [-0.2, -0.15) is 0 Å². The van der Waals surface area contributed by atoms with Gasteiger partial charge in [-0.3, -0.25) is 9.59 Å². The molecule has 0 saturated heterocycles. The summed E-state index contributed by atoms with van der Waals surface area (Å²) >= 11 is 0. The molecule has 0 bridgehead atoms. The predicted octanol–water partition coefficient (Wildman–Crippen LogP) is 4.22. The van der Waals surface area contributed by atoms with Gasteiger partial charge >= 0.3 is 0 Å². The molecule has 4 rings (SSSR count). The summed E-state index contributed by atoms with van der Waals surface area (Å²) in [4.78, 5) is 30.8. The van der Waals surface area contributed by atoms with Crippen LogP contribution in [0.3, 0.4) is 0 Å². The van der Waals surface area contributed by atoms with Crippen LogP contribution in [0, 0.1) is 5.82 Å². The molecule has 1 aliphatic heterocycles. The number of carbonyl (C=O) groups is 1. The van der Waals surface area contributed by atoms with E-state index in [4.69, 9.17) is 9.15 Å². The van der Waals surface area contributed by atoms with E-state index in [0.717, 1.165) is 24.7 Å². The average molecular weight is 438 g/mol. The SMILES string of the molecule is CCOc1cccc(C2c3c(oc4ccc(F)cc4c3=O)C(=O)N2CCN(CC)CC)c1. The van der Waals surface area contributed by atoms with Crippen LogP contribution >= 0.6 is 0 Å². The lowest BCUT2D eigenvalue weighted by molar-refractivity contribution is 0.0708. The lowest BCUT2D eigenvalue weighted by Gasteiger charge is -2.28. The van der Waals surface area contributed by atoms with E-state index in [9.17, 15) is 14.0 Å². The number of carbonyl (C=O) groups excluding carboxylic acids is 1. The number of likely N-dealkylation sites (N-methyl/N-ethyl adjacent to an activating group) is 1. The molecular weight excluding hydrogens is 411 g/mol. The molecule has 0 spiro atoms. The van der Waals surface area contributed by atoms with Crippen LogP contribution < -0.4 is 10.2 Å². The second-order valence-corrected chi connectivity index (χ2v) is 7.75. The normalized spacial score (nSPS) is 15.6. The van der Waals surface area contributed by atoms with Gasteiger partial charge in [-0.05, 0) is 55.9 Å². The topological polar surface area (TPSA) is 63.0 Å². The summed E-state index contributed by atoms with van der Waals surface area (Å²) in [6.07, 6.45) is 0. The molecule has 1 unspecified atom stereocenters. The van der Waals surface area contributed by atoms with Gasteiger partial charge < -0.3 is 19.0 Å². The highest BCUT2D eigenvalue weighted by Gasteiger charge is 2.42. The van der Waals surface area contributed by atoms with Crippen LogP contribution in [0.4, 0.5) is 4.39 Å². The Balaban J connectivity index is 1.87. The van der Waals surface area contributed by atoms with E-state index in [-0.39, 0.29) is 33.6 Å². The molecular formula is C25H27FN2O4. The molecule has 6 nitrogen and oxygen atoms in total. The maximum absolute atomic E-state index is 13.9. The van der Waals surface area contributed by atoms with E-state index in [2.05, 4.69) is 18.7 Å². The highest BCUT2D eigenvalue weighted by Crippen LogP contribution is 2.39. The van der Waals surface area contributed by atoms with Gasteiger partial charge in [-0.25, -0.2) is 4.39 Å². The molecule has 1 aliphatic rings. The molecule has 0 radical (unpaired) electrons. The monoisotopic (exact) mass is 438 g/mol. The molecule has 0 aliphatic carbocycles. The zero-order valence-electron chi connectivity index (χ0n) is 18.6. The first kappa shape index (κ1) is 22.0. The van der Waals surface area contributed by atoms with Gasteiger partial charge in [-0.1, -0.05) is 26.0 Å². The number of hydrogen-bond donors (Lipinski definition) is 0. The Bertz CT molecular complexity index is 1200. The van der Waals surface area contributed by atoms with Crippen LogP contribution in [0.15, 0.2) is 51.7 Å². The van der Waals surface area contributed by atoms with Crippen molar-refractivity contribution in [2.24, 2.45) is 0 Å². The summed E-state index contributed by atoms with van der Waals surface area (Å²) in [5.74, 6) is -0.170. The van der Waals surface area contributed by atoms with Crippen LogP contribution in [-0.2, 0) is 0 Å². The molecule has 1 amide bonds. The summed E-state index contributed by atoms with van der Waals surface area (Å²) in [6, 6.07) is 10.5. The molecule has 2 aromatic carbocycles. The van der Waals surface area contributed by atoms with Crippen molar-refractivity contribution in [1.82, 2.24) is 9.80 Å². The Morgan fingerprint density at radius 2 is 1.88 bits per heavy atom. The van der Waals surface area contributed by atoms with Crippen LogP contribution in [-0.4, -0.2) is 48.5 Å². The smallest absolute Gasteiger partial charge is 0.290 e. The van der Waals surface area contributed by atoms with Crippen molar-refractivity contribution in [2.75, 3.05) is 32.8 Å². The van der Waals surface area contributed by atoms with Gasteiger partial charge in [0.1, 0.15) is 17.1 Å². The van der Waals surface area contributed by atoms with Crippen LogP contribution in [0.1, 0.15) is 48.5 Å². The summed E-state index contributed by atoms with van der Waals surface area (Å²) in [6.45, 7) is 9.34. The Hall–Kier alpha value is -3.19. The minimum atomic E-state index is -0.627. The number of ether oxygens (including phenoxy) is 1. The summed E-state index contributed by atoms with van der Waals surface area (Å²) in [5.41, 5.74) is 0.828. The van der Waals surface area contributed by atoms with Gasteiger partial charge in [0, 0.05) is 13.1 Å². The van der Waals surface area contributed by atoms with E-state index in [1.807, 2.05) is 31.2 Å². The highest BCUT2D eigenvalue weighted by atomic mass is 19.1. The second kappa shape index (κ2) is 9.12. The molecule has 3 aromatic rings. The van der Waals surface area contributed by atoms with Crippen molar-refractivity contribution in [3.8, 4) is 5.75 Å². The standard InChI is InChI=1S/C25H27FN2O4/c1-4-27(5-2)12-13-28-22(16-8-7-9-18(14-16)31-6-3)21-23(29)19-15-17(26)10-11-20(19)32-24(21)25(28)30/h7-11,14-15,22H,4-6,12-13H2,1-3H3. The number of amides is 1. The van der Waals surface area contributed by atoms with Crippen molar-refractivity contribution in [3.63, 3.8) is 0 Å². The summed E-state index contributed by atoms with van der Waals surface area (Å²) in [5, 5.41) is 0.133. The molecule has 0 saturated carbocycles. The number of hydrogen-bond acceptors (Lipinski definition) is 5. The van der Waals surface area contributed by atoms with E-state index < -0.39 is 11.9 Å². The van der Waals surface area contributed by atoms with E-state index in [1.165, 1.54) is 12.1 Å². The largest absolute Gasteiger partial charge is 0.494 e. The number of rotatable bonds is 8. The minimum Gasteiger partial charge on any atom is -0.494 e. The van der Waals surface area contributed by atoms with Crippen molar-refractivity contribution >= 4 is 16.9 Å². The van der Waals surface area contributed by atoms with Crippen LogP contribution in [0.25, 0.3) is 11.0 Å². The summed E-state index contributed by atoms with van der Waals surface area (Å²) < 4.78 is 25.4. The van der Waals surface area contributed by atoms with Gasteiger partial charge in [0.15, 0.2) is 5.43 Å². The lowest BCUT2D eigenvalue weighted by Crippen LogP contribution is -2.37. The third-order valence-electron chi connectivity index (χ3n) is 5.96. The fourth-order valence-corrected chi connectivity index (χ4v) is 4.30. The third kappa shape index (κ3) is 3.88. The van der Waals surface area contributed by atoms with Gasteiger partial charge in [0.25, 0.3) is 5.91 Å². The average Bonchev–Trinajstić information content (AvgIpc) is 3.07. The van der Waals surface area contributed by atoms with E-state index >= 15 is 0 Å². The number of halogens is 1. The molecule has 168 valence electrons. The van der Waals surface area contributed by atoms with Gasteiger partial charge in [0.05, 0.1) is 23.6 Å². The fraction of sp³-hybridized carbons (Fsp3) is 0.360. The Morgan fingerprint density at radius 3 is 2.59 bits per heavy atom. The quantitative estimate of drug-likeness (QED) is 0.527. The Morgan fingerprint density at radius 1 is 1.09 bits per heavy atom. The van der Waals surface area contributed by atoms with Crippen molar-refractivity contribution in [3.05, 3.63) is 75.4 Å². The maximum Gasteiger partial charge on any atom is 0.290 e. The highest BCUT2D eigenvalue weighted by molar-refractivity contribution is 5.99. The minimum absolute atomic E-state index is 0.0282. The zero-order valence-corrected chi connectivity index (χ0v) is 18.6. The van der Waals surface area contributed by atoms with Crippen molar-refractivity contribution in [1.29, 1.82) is 0 Å². The number of benzene rings is 2. The Kier molecular flexibility index (Phi) is 6.28. The second-order valence-electron chi connectivity index (χ2n) is 7.75. The molecule has 0 N–H and O–H groups in total. The fourth-order valence-electron chi connectivity index (χ4n) is 4.30. The van der Waals surface area contributed by atoms with Crippen LogP contribution in [0.5, 0.6) is 5.75 Å². The molecule has 2 heterocycles. The molecule has 32 heavy (non-hydrogen) atoms. The third-order valence-corrected chi connectivity index (χ3v) is 5.96. The predicted molar refractivity (Wildman–Crippen MR) is 121 cm³/mol. The first-order valence-corrected chi connectivity index (χ1v) is 11.0. The van der Waals surface area contributed by atoms with Crippen LogP contribution in [0.2, 0.25) is 0 Å². The van der Waals surface area contributed by atoms with Gasteiger partial charge in [-0.15, -0.1) is 0 Å². The van der Waals surface area contributed by atoms with Gasteiger partial charge in [0.2, 0.25) is 5.76 Å². The Labute approximate surface area is 186 Å².